The Kier molecular flexibility index (Phi) is 6.93. The number of ether oxygens (including phenoxy) is 1. The number of carbonyl (C=O) groups excluding carboxylic acids is 1. The van der Waals surface area contributed by atoms with E-state index >= 15 is 0 Å². The second-order valence-electron chi connectivity index (χ2n) is 7.44. The van der Waals surface area contributed by atoms with Gasteiger partial charge in [0.2, 0.25) is 0 Å². The minimum atomic E-state index is -0.293. The van der Waals surface area contributed by atoms with E-state index in [4.69, 9.17) is 4.74 Å². The third-order valence-electron chi connectivity index (χ3n) is 5.38. The highest BCUT2D eigenvalue weighted by atomic mass is 19.1. The highest BCUT2D eigenvalue weighted by Gasteiger charge is 2.27. The monoisotopic (exact) mass is 401 g/mol. The molecule has 0 aliphatic carbocycles. The number of carbonyl (C=O) groups is 1. The smallest absolute Gasteiger partial charge is 0.318 e. The largest absolute Gasteiger partial charge is 0.507 e. The first-order valence-electron chi connectivity index (χ1n) is 9.79. The number of aromatic hydroxyl groups is 1. The number of rotatable bonds is 6. The SMILES string of the molecule is COc1ccc(CNC(=O)N(Cc2ccc(F)cc2)C2CCN(C)CC2)c(O)c1. The minimum absolute atomic E-state index is 0.0778. The van der Waals surface area contributed by atoms with Crippen LogP contribution in [0.15, 0.2) is 42.5 Å². The number of nitrogens with zero attached hydrogens (tertiary/aromatic N) is 2. The molecule has 3 rings (SSSR count). The number of phenols is 1. The Hall–Kier alpha value is -2.80. The van der Waals surface area contributed by atoms with Crippen molar-refractivity contribution in [3.63, 3.8) is 0 Å². The van der Waals surface area contributed by atoms with Crippen LogP contribution in [0.1, 0.15) is 24.0 Å². The molecule has 0 unspecified atom stereocenters. The quantitative estimate of drug-likeness (QED) is 0.779. The van der Waals surface area contributed by atoms with E-state index in [0.29, 0.717) is 17.9 Å². The normalized spacial score (nSPS) is 15.1. The van der Waals surface area contributed by atoms with Crippen LogP contribution in [-0.4, -0.2) is 54.2 Å². The van der Waals surface area contributed by atoms with Crippen molar-refractivity contribution in [3.05, 3.63) is 59.4 Å². The van der Waals surface area contributed by atoms with Gasteiger partial charge in [-0.3, -0.25) is 0 Å². The third-order valence-corrected chi connectivity index (χ3v) is 5.38. The van der Waals surface area contributed by atoms with Gasteiger partial charge in [-0.15, -0.1) is 0 Å². The molecule has 0 atom stereocenters. The van der Waals surface area contributed by atoms with Crippen LogP contribution in [0.2, 0.25) is 0 Å². The van der Waals surface area contributed by atoms with Gasteiger partial charge in [-0.2, -0.15) is 0 Å². The van der Waals surface area contributed by atoms with Crippen LogP contribution < -0.4 is 10.1 Å². The molecule has 6 nitrogen and oxygen atoms in total. The van der Waals surface area contributed by atoms with Crippen LogP contribution in [-0.2, 0) is 13.1 Å². The van der Waals surface area contributed by atoms with Crippen LogP contribution in [0, 0.1) is 5.82 Å². The average molecular weight is 401 g/mol. The minimum Gasteiger partial charge on any atom is -0.507 e. The highest BCUT2D eigenvalue weighted by molar-refractivity contribution is 5.74. The number of likely N-dealkylation sites (tertiary alicyclic amines) is 1. The molecule has 0 spiro atoms. The van der Waals surface area contributed by atoms with Gasteiger partial charge in [-0.1, -0.05) is 12.1 Å². The average Bonchev–Trinajstić information content (AvgIpc) is 2.73. The molecule has 1 fully saturated rings. The van der Waals surface area contributed by atoms with E-state index in [9.17, 15) is 14.3 Å². The van der Waals surface area contributed by atoms with Crippen molar-refractivity contribution in [2.45, 2.75) is 32.0 Å². The lowest BCUT2D eigenvalue weighted by Crippen LogP contribution is -2.49. The summed E-state index contributed by atoms with van der Waals surface area (Å²) >= 11 is 0. The second kappa shape index (κ2) is 9.60. The maximum absolute atomic E-state index is 13.2. The first-order chi connectivity index (χ1) is 14.0. The molecular weight excluding hydrogens is 373 g/mol. The molecule has 2 aromatic rings. The van der Waals surface area contributed by atoms with Gasteiger partial charge in [0.25, 0.3) is 0 Å². The highest BCUT2D eigenvalue weighted by Crippen LogP contribution is 2.24. The Morgan fingerprint density at radius 2 is 1.93 bits per heavy atom. The number of piperidine rings is 1. The molecule has 29 heavy (non-hydrogen) atoms. The van der Waals surface area contributed by atoms with Crippen molar-refractivity contribution in [1.29, 1.82) is 0 Å². The molecule has 0 radical (unpaired) electrons. The van der Waals surface area contributed by atoms with E-state index in [1.807, 2.05) is 4.90 Å². The number of methoxy groups -OCH3 is 1. The fourth-order valence-electron chi connectivity index (χ4n) is 3.55. The zero-order valence-electron chi connectivity index (χ0n) is 16.9. The number of urea groups is 1. The molecule has 1 saturated heterocycles. The molecule has 2 amide bonds. The molecule has 2 aromatic carbocycles. The number of benzene rings is 2. The van der Waals surface area contributed by atoms with Gasteiger partial charge in [0.05, 0.1) is 7.11 Å². The molecule has 0 bridgehead atoms. The number of halogens is 1. The standard InChI is InChI=1S/C22H28FN3O3/c1-25-11-9-19(10-12-25)26(15-16-3-6-18(23)7-4-16)22(28)24-14-17-5-8-20(29-2)13-21(17)27/h3-8,13,19,27H,9-12,14-15H2,1-2H3,(H,24,28). The summed E-state index contributed by atoms with van der Waals surface area (Å²) in [6.07, 6.45) is 1.78. The van der Waals surface area contributed by atoms with E-state index in [2.05, 4.69) is 17.3 Å². The van der Waals surface area contributed by atoms with Gasteiger partial charge in [0, 0.05) is 30.8 Å². The fourth-order valence-corrected chi connectivity index (χ4v) is 3.55. The summed E-state index contributed by atoms with van der Waals surface area (Å²) in [7, 11) is 3.61. The van der Waals surface area contributed by atoms with Crippen molar-refractivity contribution in [2.24, 2.45) is 0 Å². The van der Waals surface area contributed by atoms with Crippen LogP contribution in [0.3, 0.4) is 0 Å². The first kappa shape index (κ1) is 20.9. The van der Waals surface area contributed by atoms with Crippen molar-refractivity contribution in [1.82, 2.24) is 15.1 Å². The summed E-state index contributed by atoms with van der Waals surface area (Å²) < 4.78 is 18.3. The Labute approximate surface area is 170 Å². The number of phenolic OH excluding ortho intramolecular Hbond substituents is 1. The Bertz CT molecular complexity index is 821. The lowest BCUT2D eigenvalue weighted by Gasteiger charge is -2.37. The molecule has 2 N–H and O–H groups in total. The Morgan fingerprint density at radius 1 is 1.24 bits per heavy atom. The Balaban J connectivity index is 1.70. The Morgan fingerprint density at radius 3 is 2.55 bits per heavy atom. The number of amides is 2. The lowest BCUT2D eigenvalue weighted by molar-refractivity contribution is 0.127. The van der Waals surface area contributed by atoms with Crippen molar-refractivity contribution in [3.8, 4) is 11.5 Å². The third kappa shape index (κ3) is 5.60. The van der Waals surface area contributed by atoms with E-state index in [1.165, 1.54) is 25.3 Å². The molecule has 1 aliphatic rings. The molecule has 1 aliphatic heterocycles. The van der Waals surface area contributed by atoms with Gasteiger partial charge >= 0.3 is 6.03 Å². The van der Waals surface area contributed by atoms with Gasteiger partial charge < -0.3 is 25.0 Å². The topological polar surface area (TPSA) is 65.0 Å². The van der Waals surface area contributed by atoms with Crippen LogP contribution in [0.5, 0.6) is 11.5 Å². The summed E-state index contributed by atoms with van der Waals surface area (Å²) in [6, 6.07) is 11.2. The molecule has 1 heterocycles. The van der Waals surface area contributed by atoms with Gasteiger partial charge in [-0.25, -0.2) is 9.18 Å². The molecular formula is C22H28FN3O3. The van der Waals surface area contributed by atoms with Gasteiger partial charge in [-0.05, 0) is 62.8 Å². The zero-order chi connectivity index (χ0) is 20.8. The summed E-state index contributed by atoms with van der Waals surface area (Å²) in [5, 5.41) is 13.0. The van der Waals surface area contributed by atoms with E-state index in [0.717, 1.165) is 31.5 Å². The van der Waals surface area contributed by atoms with Crippen LogP contribution >= 0.6 is 0 Å². The van der Waals surface area contributed by atoms with Crippen molar-refractivity contribution < 1.29 is 19.0 Å². The zero-order valence-corrected chi connectivity index (χ0v) is 16.9. The lowest BCUT2D eigenvalue weighted by atomic mass is 10.0. The summed E-state index contributed by atoms with van der Waals surface area (Å²) in [5.74, 6) is 0.342. The van der Waals surface area contributed by atoms with Crippen molar-refractivity contribution in [2.75, 3.05) is 27.2 Å². The molecule has 7 heteroatoms. The van der Waals surface area contributed by atoms with Crippen LogP contribution in [0.25, 0.3) is 0 Å². The maximum Gasteiger partial charge on any atom is 0.318 e. The number of nitrogens with one attached hydrogen (secondary N) is 1. The van der Waals surface area contributed by atoms with Crippen molar-refractivity contribution >= 4 is 6.03 Å². The van der Waals surface area contributed by atoms with E-state index in [1.54, 1.807) is 24.3 Å². The van der Waals surface area contributed by atoms with E-state index < -0.39 is 0 Å². The fraction of sp³-hybridized carbons (Fsp3) is 0.409. The van der Waals surface area contributed by atoms with Gasteiger partial charge in [0.1, 0.15) is 17.3 Å². The maximum atomic E-state index is 13.2. The number of hydrogen-bond acceptors (Lipinski definition) is 4. The predicted octanol–water partition coefficient (Wildman–Crippen LogP) is 3.35. The summed E-state index contributed by atoms with van der Waals surface area (Å²) in [6.45, 7) is 2.48. The summed E-state index contributed by atoms with van der Waals surface area (Å²) in [4.78, 5) is 17.1. The first-order valence-corrected chi connectivity index (χ1v) is 9.79. The van der Waals surface area contributed by atoms with Gasteiger partial charge in [0.15, 0.2) is 0 Å². The second-order valence-corrected chi connectivity index (χ2v) is 7.44. The molecule has 156 valence electrons. The predicted molar refractivity (Wildman–Crippen MR) is 109 cm³/mol. The molecule has 0 aromatic heterocycles. The number of hydrogen-bond donors (Lipinski definition) is 2. The molecule has 0 saturated carbocycles. The van der Waals surface area contributed by atoms with Crippen LogP contribution in [0.4, 0.5) is 9.18 Å². The summed E-state index contributed by atoms with van der Waals surface area (Å²) in [5.41, 5.74) is 1.50. The van der Waals surface area contributed by atoms with E-state index in [-0.39, 0.29) is 30.2 Å².